The van der Waals surface area contributed by atoms with E-state index in [4.69, 9.17) is 0 Å². The Labute approximate surface area is 120 Å². The van der Waals surface area contributed by atoms with E-state index in [0.29, 0.717) is 14.9 Å². The first-order valence-electron chi connectivity index (χ1n) is 5.26. The maximum Gasteiger partial charge on any atom is 0.417 e. The first-order valence-corrected chi connectivity index (χ1v) is 6.93. The number of rotatable bonds is 2. The van der Waals surface area contributed by atoms with Crippen LogP contribution in [0.3, 0.4) is 0 Å². The van der Waals surface area contributed by atoms with Gasteiger partial charge in [-0.15, -0.1) is 11.3 Å². The van der Waals surface area contributed by atoms with Gasteiger partial charge >= 0.3 is 6.18 Å². The van der Waals surface area contributed by atoms with Crippen molar-refractivity contribution in [2.45, 2.75) is 13.1 Å². The zero-order chi connectivity index (χ0) is 14.2. The van der Waals surface area contributed by atoms with Crippen molar-refractivity contribution in [1.29, 1.82) is 0 Å². The maximum absolute atomic E-state index is 13.0. The number of hydrogen-bond acceptors (Lipinski definition) is 2. The van der Waals surface area contributed by atoms with Gasteiger partial charge in [0.1, 0.15) is 0 Å². The molecule has 0 aliphatic rings. The molecule has 0 aliphatic heterocycles. The second kappa shape index (κ2) is 5.09. The molecular weight excluding hydrogens is 341 g/mol. The van der Waals surface area contributed by atoms with Crippen LogP contribution in [0.4, 0.5) is 13.2 Å². The summed E-state index contributed by atoms with van der Waals surface area (Å²) in [5.74, 6) is -0.599. The van der Waals surface area contributed by atoms with E-state index in [-0.39, 0.29) is 5.56 Å². The molecule has 0 atom stereocenters. The molecule has 19 heavy (non-hydrogen) atoms. The molecule has 0 saturated heterocycles. The molecule has 0 amide bonds. The lowest BCUT2D eigenvalue weighted by Crippen LogP contribution is -2.14. The van der Waals surface area contributed by atoms with Gasteiger partial charge in [0.25, 0.3) is 0 Å². The average molecular weight is 349 g/mol. The molecule has 100 valence electrons. The van der Waals surface area contributed by atoms with Gasteiger partial charge in [-0.1, -0.05) is 15.9 Å². The molecule has 0 N–H and O–H groups in total. The molecule has 1 aromatic carbocycles. The SMILES string of the molecule is Cc1sccc1C(=O)c1ccc(Br)cc1C(F)(F)F. The Hall–Kier alpha value is -1.14. The summed E-state index contributed by atoms with van der Waals surface area (Å²) >= 11 is 4.32. The fourth-order valence-corrected chi connectivity index (χ4v) is 2.77. The van der Waals surface area contributed by atoms with Gasteiger partial charge in [0.05, 0.1) is 5.56 Å². The van der Waals surface area contributed by atoms with Crippen molar-refractivity contribution < 1.29 is 18.0 Å². The number of benzene rings is 1. The monoisotopic (exact) mass is 348 g/mol. The van der Waals surface area contributed by atoms with Gasteiger partial charge in [-0.2, -0.15) is 13.2 Å². The molecule has 2 rings (SSSR count). The predicted molar refractivity (Wildman–Crippen MR) is 71.6 cm³/mol. The van der Waals surface area contributed by atoms with Crippen molar-refractivity contribution in [1.82, 2.24) is 0 Å². The summed E-state index contributed by atoms with van der Waals surface area (Å²) < 4.78 is 39.2. The molecule has 0 radical (unpaired) electrons. The number of hydrogen-bond donors (Lipinski definition) is 0. The van der Waals surface area contributed by atoms with Crippen LogP contribution in [-0.4, -0.2) is 5.78 Å². The zero-order valence-corrected chi connectivity index (χ0v) is 12.1. The summed E-state index contributed by atoms with van der Waals surface area (Å²) in [6.45, 7) is 1.71. The highest BCUT2D eigenvalue weighted by atomic mass is 79.9. The van der Waals surface area contributed by atoms with E-state index in [9.17, 15) is 18.0 Å². The quantitative estimate of drug-likeness (QED) is 0.692. The van der Waals surface area contributed by atoms with Crippen LogP contribution in [-0.2, 0) is 6.18 Å². The van der Waals surface area contributed by atoms with E-state index in [1.54, 1.807) is 18.4 Å². The molecular formula is C13H8BrF3OS. The van der Waals surface area contributed by atoms with Crippen molar-refractivity contribution >= 4 is 33.0 Å². The smallest absolute Gasteiger partial charge is 0.289 e. The van der Waals surface area contributed by atoms with E-state index in [1.165, 1.54) is 23.5 Å². The van der Waals surface area contributed by atoms with Gasteiger partial charge in [0.15, 0.2) is 5.78 Å². The van der Waals surface area contributed by atoms with E-state index >= 15 is 0 Å². The number of ketones is 1. The molecule has 0 aliphatic carbocycles. The Bertz CT molecular complexity index is 631. The first kappa shape index (κ1) is 14.3. The van der Waals surface area contributed by atoms with Crippen LogP contribution in [0.1, 0.15) is 26.4 Å². The van der Waals surface area contributed by atoms with Crippen molar-refractivity contribution in [3.8, 4) is 0 Å². The Morgan fingerprint density at radius 3 is 2.42 bits per heavy atom. The Morgan fingerprint density at radius 1 is 1.21 bits per heavy atom. The largest absolute Gasteiger partial charge is 0.417 e. The van der Waals surface area contributed by atoms with E-state index < -0.39 is 17.5 Å². The minimum absolute atomic E-state index is 0.290. The number of carbonyl (C=O) groups excluding carboxylic acids is 1. The number of halogens is 4. The number of alkyl halides is 3. The topological polar surface area (TPSA) is 17.1 Å². The number of thiophene rings is 1. The second-order valence-electron chi connectivity index (χ2n) is 3.91. The third-order valence-electron chi connectivity index (χ3n) is 2.64. The van der Waals surface area contributed by atoms with Crippen LogP contribution in [0.25, 0.3) is 0 Å². The molecule has 0 saturated carbocycles. The third-order valence-corrected chi connectivity index (χ3v) is 3.97. The Balaban J connectivity index is 2.57. The average Bonchev–Trinajstić information content (AvgIpc) is 2.73. The summed E-state index contributed by atoms with van der Waals surface area (Å²) in [6.07, 6.45) is -4.56. The van der Waals surface area contributed by atoms with Crippen LogP contribution >= 0.6 is 27.3 Å². The van der Waals surface area contributed by atoms with E-state index in [1.807, 2.05) is 0 Å². The molecule has 1 nitrogen and oxygen atoms in total. The van der Waals surface area contributed by atoms with Crippen LogP contribution < -0.4 is 0 Å². The summed E-state index contributed by atoms with van der Waals surface area (Å²) in [7, 11) is 0. The van der Waals surface area contributed by atoms with Crippen LogP contribution in [0.15, 0.2) is 34.1 Å². The Morgan fingerprint density at radius 2 is 1.89 bits per heavy atom. The standard InChI is InChI=1S/C13H8BrF3OS/c1-7-9(4-5-19-7)12(18)10-3-2-8(14)6-11(10)13(15,16)17/h2-6H,1H3. The summed E-state index contributed by atoms with van der Waals surface area (Å²) in [5.41, 5.74) is -0.924. The highest BCUT2D eigenvalue weighted by Gasteiger charge is 2.35. The van der Waals surface area contributed by atoms with Gasteiger partial charge in [0, 0.05) is 20.5 Å². The van der Waals surface area contributed by atoms with Crippen LogP contribution in [0.2, 0.25) is 0 Å². The first-order chi connectivity index (χ1) is 8.80. The molecule has 1 aromatic heterocycles. The highest BCUT2D eigenvalue weighted by Crippen LogP contribution is 2.35. The van der Waals surface area contributed by atoms with Gasteiger partial charge < -0.3 is 0 Å². The van der Waals surface area contributed by atoms with Crippen molar-refractivity contribution in [3.63, 3.8) is 0 Å². The lowest BCUT2D eigenvalue weighted by molar-refractivity contribution is -0.137. The summed E-state index contributed by atoms with van der Waals surface area (Å²) in [4.78, 5) is 12.9. The molecule has 1 heterocycles. The van der Waals surface area contributed by atoms with Crippen LogP contribution in [0, 0.1) is 6.92 Å². The zero-order valence-electron chi connectivity index (χ0n) is 9.72. The minimum Gasteiger partial charge on any atom is -0.289 e. The molecule has 0 unspecified atom stereocenters. The lowest BCUT2D eigenvalue weighted by Gasteiger charge is -2.12. The van der Waals surface area contributed by atoms with Crippen molar-refractivity contribution in [3.05, 3.63) is 55.7 Å². The summed E-state index contributed by atoms with van der Waals surface area (Å²) in [5, 5.41) is 1.69. The molecule has 2 aromatic rings. The van der Waals surface area contributed by atoms with E-state index in [0.717, 1.165) is 6.07 Å². The fourth-order valence-electron chi connectivity index (χ4n) is 1.71. The second-order valence-corrected chi connectivity index (χ2v) is 5.94. The van der Waals surface area contributed by atoms with Gasteiger partial charge in [-0.05, 0) is 36.6 Å². The van der Waals surface area contributed by atoms with Gasteiger partial charge in [-0.25, -0.2) is 0 Å². The van der Waals surface area contributed by atoms with Crippen molar-refractivity contribution in [2.24, 2.45) is 0 Å². The molecule has 0 fully saturated rings. The fraction of sp³-hybridized carbons (Fsp3) is 0.154. The van der Waals surface area contributed by atoms with Crippen LogP contribution in [0.5, 0.6) is 0 Å². The highest BCUT2D eigenvalue weighted by molar-refractivity contribution is 9.10. The van der Waals surface area contributed by atoms with E-state index in [2.05, 4.69) is 15.9 Å². The molecule has 0 spiro atoms. The molecule has 6 heteroatoms. The number of carbonyl (C=O) groups is 1. The van der Waals surface area contributed by atoms with Gasteiger partial charge in [-0.3, -0.25) is 4.79 Å². The summed E-state index contributed by atoms with van der Waals surface area (Å²) in [6, 6.07) is 5.11. The lowest BCUT2D eigenvalue weighted by atomic mass is 9.98. The Kier molecular flexibility index (Phi) is 3.82. The normalized spacial score (nSPS) is 11.6. The number of aryl methyl sites for hydroxylation is 1. The molecule has 0 bridgehead atoms. The third kappa shape index (κ3) is 2.90. The van der Waals surface area contributed by atoms with Gasteiger partial charge in [0.2, 0.25) is 0 Å². The minimum atomic E-state index is -4.56. The van der Waals surface area contributed by atoms with Crippen molar-refractivity contribution in [2.75, 3.05) is 0 Å². The maximum atomic E-state index is 13.0. The predicted octanol–water partition coefficient (Wildman–Crippen LogP) is 5.07.